The molecule has 2 heterocycles. The largest absolute Gasteiger partial charge is 0.494 e. The number of rotatable bonds is 6. The van der Waals surface area contributed by atoms with Crippen molar-refractivity contribution >= 4 is 40.3 Å². The molecule has 1 amide bonds. The fourth-order valence-electron chi connectivity index (χ4n) is 3.61. The van der Waals surface area contributed by atoms with Gasteiger partial charge in [0.2, 0.25) is 0 Å². The van der Waals surface area contributed by atoms with Crippen LogP contribution in [0.15, 0.2) is 59.6 Å². The molecule has 0 unspecified atom stereocenters. The van der Waals surface area contributed by atoms with Crippen LogP contribution in [0.4, 0.5) is 0 Å². The molecule has 7 heteroatoms. The highest BCUT2D eigenvalue weighted by molar-refractivity contribution is 8.26. The van der Waals surface area contributed by atoms with Crippen LogP contribution < -0.4 is 4.74 Å². The summed E-state index contributed by atoms with van der Waals surface area (Å²) in [6.07, 6.45) is 3.85. The monoisotopic (exact) mass is 463 g/mol. The summed E-state index contributed by atoms with van der Waals surface area (Å²) in [7, 11) is 0. The fraction of sp³-hybridized carbons (Fsp3) is 0.240. The third kappa shape index (κ3) is 4.36. The van der Waals surface area contributed by atoms with Crippen molar-refractivity contribution in [3.63, 3.8) is 0 Å². The Kier molecular flexibility index (Phi) is 6.48. The molecule has 1 aliphatic rings. The van der Waals surface area contributed by atoms with Crippen LogP contribution in [0, 0.1) is 6.92 Å². The molecule has 2 aromatic carbocycles. The van der Waals surface area contributed by atoms with Crippen LogP contribution in [0.25, 0.3) is 23.0 Å². The van der Waals surface area contributed by atoms with Gasteiger partial charge in [-0.2, -0.15) is 5.10 Å². The Hall–Kier alpha value is -2.90. The van der Waals surface area contributed by atoms with E-state index in [0.717, 1.165) is 33.8 Å². The molecule has 0 spiro atoms. The maximum atomic E-state index is 13.0. The van der Waals surface area contributed by atoms with Gasteiger partial charge in [0.25, 0.3) is 5.91 Å². The van der Waals surface area contributed by atoms with Crippen molar-refractivity contribution in [3.8, 4) is 22.7 Å². The highest BCUT2D eigenvalue weighted by atomic mass is 32.2. The Labute approximate surface area is 198 Å². The van der Waals surface area contributed by atoms with E-state index in [0.29, 0.717) is 15.8 Å². The normalized spacial score (nSPS) is 15.3. The van der Waals surface area contributed by atoms with E-state index in [2.05, 4.69) is 6.07 Å². The number of carbonyl (C=O) groups is 1. The molecule has 1 saturated heterocycles. The average Bonchev–Trinajstić information content (AvgIpc) is 3.31. The van der Waals surface area contributed by atoms with E-state index in [1.165, 1.54) is 11.8 Å². The first-order valence-electron chi connectivity index (χ1n) is 10.5. The van der Waals surface area contributed by atoms with Gasteiger partial charge in [0.05, 0.1) is 17.2 Å². The summed E-state index contributed by atoms with van der Waals surface area (Å²) in [5.74, 6) is 0.800. The van der Waals surface area contributed by atoms with E-state index < -0.39 is 0 Å². The topological polar surface area (TPSA) is 47.4 Å². The van der Waals surface area contributed by atoms with Gasteiger partial charge in [-0.1, -0.05) is 42.2 Å². The average molecular weight is 464 g/mol. The molecule has 1 fully saturated rings. The van der Waals surface area contributed by atoms with Crippen LogP contribution in [-0.4, -0.2) is 37.6 Å². The summed E-state index contributed by atoms with van der Waals surface area (Å²) >= 11 is 6.78. The first-order chi connectivity index (χ1) is 15.4. The second-order valence-corrected chi connectivity index (χ2v) is 9.45. The first-order valence-corrected chi connectivity index (χ1v) is 11.8. The van der Waals surface area contributed by atoms with Gasteiger partial charge >= 0.3 is 0 Å². The Bertz CT molecular complexity index is 1200. The van der Waals surface area contributed by atoms with Gasteiger partial charge in [-0.15, -0.1) is 0 Å². The van der Waals surface area contributed by atoms with E-state index in [1.807, 2.05) is 87.1 Å². The molecule has 0 bridgehead atoms. The van der Waals surface area contributed by atoms with Crippen LogP contribution in [-0.2, 0) is 4.79 Å². The van der Waals surface area contributed by atoms with Crippen LogP contribution >= 0.6 is 24.0 Å². The quantitative estimate of drug-likeness (QED) is 0.339. The number of hydrogen-bond acceptors (Lipinski definition) is 5. The lowest BCUT2D eigenvalue weighted by Crippen LogP contribution is -2.34. The van der Waals surface area contributed by atoms with Gasteiger partial charge in [0.15, 0.2) is 0 Å². The van der Waals surface area contributed by atoms with Crippen molar-refractivity contribution in [2.45, 2.75) is 33.7 Å². The summed E-state index contributed by atoms with van der Waals surface area (Å²) in [4.78, 5) is 15.2. The molecule has 0 radical (unpaired) electrons. The van der Waals surface area contributed by atoms with Gasteiger partial charge in [0, 0.05) is 23.4 Å². The van der Waals surface area contributed by atoms with Gasteiger partial charge < -0.3 is 4.74 Å². The standard InChI is InChI=1S/C25H25N3O2S2/c1-5-30-21-12-11-18(13-17(21)4)23-19(15-27(26-23)20-9-7-6-8-10-20)14-22-24(29)28(16(2)3)25(31)32-22/h6-16H,5H2,1-4H3. The van der Waals surface area contributed by atoms with E-state index in [9.17, 15) is 4.79 Å². The number of aromatic nitrogens is 2. The number of amides is 1. The fourth-order valence-corrected chi connectivity index (χ4v) is 5.13. The summed E-state index contributed by atoms with van der Waals surface area (Å²) in [5.41, 5.74) is 4.61. The number of aryl methyl sites for hydroxylation is 1. The Morgan fingerprint density at radius 3 is 2.56 bits per heavy atom. The summed E-state index contributed by atoms with van der Waals surface area (Å²) in [6, 6.07) is 16.0. The molecule has 1 aliphatic heterocycles. The Morgan fingerprint density at radius 2 is 1.94 bits per heavy atom. The Morgan fingerprint density at radius 1 is 1.19 bits per heavy atom. The lowest BCUT2D eigenvalue weighted by molar-refractivity contribution is -0.123. The third-order valence-corrected chi connectivity index (χ3v) is 6.47. The molecule has 32 heavy (non-hydrogen) atoms. The van der Waals surface area contributed by atoms with Crippen LogP contribution in [0.1, 0.15) is 31.9 Å². The van der Waals surface area contributed by atoms with E-state index in [-0.39, 0.29) is 11.9 Å². The number of carbonyl (C=O) groups excluding carboxylic acids is 1. The maximum Gasteiger partial charge on any atom is 0.266 e. The van der Waals surface area contributed by atoms with Crippen LogP contribution in [0.3, 0.4) is 0 Å². The minimum Gasteiger partial charge on any atom is -0.494 e. The van der Waals surface area contributed by atoms with Gasteiger partial charge in [-0.05, 0) is 69.7 Å². The molecule has 5 nitrogen and oxygen atoms in total. The van der Waals surface area contributed by atoms with Crippen molar-refractivity contribution in [1.82, 2.24) is 14.7 Å². The highest BCUT2D eigenvalue weighted by Crippen LogP contribution is 2.36. The SMILES string of the molecule is CCOc1ccc(-c2nn(-c3ccccc3)cc2C=C2SC(=S)N(C(C)C)C2=O)cc1C. The second kappa shape index (κ2) is 9.30. The smallest absolute Gasteiger partial charge is 0.266 e. The zero-order valence-electron chi connectivity index (χ0n) is 18.5. The molecule has 3 aromatic rings. The lowest BCUT2D eigenvalue weighted by Gasteiger charge is -2.18. The molecular formula is C25H25N3O2S2. The predicted octanol–water partition coefficient (Wildman–Crippen LogP) is 5.86. The number of ether oxygens (including phenoxy) is 1. The lowest BCUT2D eigenvalue weighted by atomic mass is 10.0. The number of hydrogen-bond donors (Lipinski definition) is 0. The minimum atomic E-state index is -0.0590. The van der Waals surface area contributed by atoms with E-state index >= 15 is 0 Å². The number of benzene rings is 2. The second-order valence-electron chi connectivity index (χ2n) is 7.77. The summed E-state index contributed by atoms with van der Waals surface area (Å²) < 4.78 is 8.13. The first kappa shape index (κ1) is 22.3. The van der Waals surface area contributed by atoms with Crippen LogP contribution in [0.5, 0.6) is 5.75 Å². The van der Waals surface area contributed by atoms with Crippen molar-refractivity contribution in [1.29, 1.82) is 0 Å². The summed E-state index contributed by atoms with van der Waals surface area (Å²) in [6.45, 7) is 8.55. The van der Waals surface area contributed by atoms with Crippen LogP contribution in [0.2, 0.25) is 0 Å². The predicted molar refractivity (Wildman–Crippen MR) is 135 cm³/mol. The zero-order chi connectivity index (χ0) is 22.8. The van der Waals surface area contributed by atoms with Crippen molar-refractivity contribution in [2.24, 2.45) is 0 Å². The molecule has 0 atom stereocenters. The van der Waals surface area contributed by atoms with Gasteiger partial charge in [-0.3, -0.25) is 9.69 Å². The third-order valence-electron chi connectivity index (χ3n) is 5.14. The minimum absolute atomic E-state index is 0.0219. The zero-order valence-corrected chi connectivity index (χ0v) is 20.2. The Balaban J connectivity index is 1.81. The van der Waals surface area contributed by atoms with E-state index in [4.69, 9.17) is 22.1 Å². The maximum absolute atomic E-state index is 13.0. The molecule has 0 N–H and O–H groups in total. The van der Waals surface area contributed by atoms with Crippen molar-refractivity contribution in [3.05, 3.63) is 70.8 Å². The van der Waals surface area contributed by atoms with E-state index in [1.54, 1.807) is 4.90 Å². The molecular weight excluding hydrogens is 438 g/mol. The number of nitrogens with zero attached hydrogens (tertiary/aromatic N) is 3. The molecule has 1 aromatic heterocycles. The highest BCUT2D eigenvalue weighted by Gasteiger charge is 2.34. The summed E-state index contributed by atoms with van der Waals surface area (Å²) in [5, 5.41) is 4.87. The number of para-hydroxylation sites is 1. The van der Waals surface area contributed by atoms with Gasteiger partial charge in [0.1, 0.15) is 15.8 Å². The van der Waals surface area contributed by atoms with Gasteiger partial charge in [-0.25, -0.2) is 4.68 Å². The molecule has 164 valence electrons. The molecule has 0 saturated carbocycles. The van der Waals surface area contributed by atoms with Crippen molar-refractivity contribution < 1.29 is 9.53 Å². The van der Waals surface area contributed by atoms with Crippen molar-refractivity contribution in [2.75, 3.05) is 6.61 Å². The molecule has 4 rings (SSSR count). The molecule has 0 aliphatic carbocycles. The number of thiocarbonyl (C=S) groups is 1. The number of thioether (sulfide) groups is 1.